The number of likely N-dealkylation sites (tertiary alicyclic amines) is 2. The summed E-state index contributed by atoms with van der Waals surface area (Å²) in [6, 6.07) is 9.79. The predicted octanol–water partition coefficient (Wildman–Crippen LogP) is 1.78. The summed E-state index contributed by atoms with van der Waals surface area (Å²) >= 11 is 0. The highest BCUT2D eigenvalue weighted by Crippen LogP contribution is 2.21. The Hall–Kier alpha value is -1.88. The first kappa shape index (κ1) is 17.0. The summed E-state index contributed by atoms with van der Waals surface area (Å²) in [5.41, 5.74) is 1.09. The summed E-state index contributed by atoms with van der Waals surface area (Å²) in [6.45, 7) is 3.45. The maximum Gasteiger partial charge on any atom is 0.239 e. The Kier molecular flexibility index (Phi) is 5.86. The van der Waals surface area contributed by atoms with Gasteiger partial charge in [0.15, 0.2) is 0 Å². The molecule has 1 N–H and O–H groups in total. The van der Waals surface area contributed by atoms with E-state index in [9.17, 15) is 9.59 Å². The molecule has 5 heteroatoms. The third-order valence-corrected chi connectivity index (χ3v) is 5.00. The van der Waals surface area contributed by atoms with E-state index in [-0.39, 0.29) is 17.9 Å². The first-order chi connectivity index (χ1) is 11.7. The normalized spacial score (nSPS) is 21.7. The van der Waals surface area contributed by atoms with Crippen LogP contribution in [0, 0.1) is 0 Å². The summed E-state index contributed by atoms with van der Waals surface area (Å²) in [5, 5.41) is 2.97. The van der Waals surface area contributed by atoms with E-state index >= 15 is 0 Å². The molecule has 0 spiro atoms. The molecule has 0 saturated carbocycles. The molecule has 2 saturated heterocycles. The molecule has 2 heterocycles. The average Bonchev–Trinajstić information content (AvgIpc) is 3.15. The lowest BCUT2D eigenvalue weighted by Gasteiger charge is -2.36. The fraction of sp³-hybridized carbons (Fsp3) is 0.579. The van der Waals surface area contributed by atoms with Crippen LogP contribution in [0.25, 0.3) is 0 Å². The quantitative estimate of drug-likeness (QED) is 0.896. The number of hydrogen-bond acceptors (Lipinski definition) is 3. The van der Waals surface area contributed by atoms with Gasteiger partial charge in [-0.2, -0.15) is 0 Å². The van der Waals surface area contributed by atoms with E-state index in [4.69, 9.17) is 0 Å². The lowest BCUT2D eigenvalue weighted by Crippen LogP contribution is -2.52. The highest BCUT2D eigenvalue weighted by atomic mass is 16.2. The van der Waals surface area contributed by atoms with Crippen LogP contribution in [0.2, 0.25) is 0 Å². The van der Waals surface area contributed by atoms with Crippen molar-refractivity contribution < 1.29 is 9.59 Å². The standard InChI is InChI=1S/C19H27N3O2/c23-18(20-14-16-8-2-1-3-9-16)15-22-13-5-4-10-17(22)19(24)21-11-6-7-12-21/h1-3,8-9,17H,4-7,10-15H2,(H,20,23)/t17-/m1/s1. The maximum absolute atomic E-state index is 12.7. The third kappa shape index (κ3) is 4.35. The van der Waals surface area contributed by atoms with Crippen LogP contribution in [0.15, 0.2) is 30.3 Å². The molecule has 2 aliphatic heterocycles. The van der Waals surface area contributed by atoms with Gasteiger partial charge < -0.3 is 10.2 Å². The van der Waals surface area contributed by atoms with E-state index < -0.39 is 0 Å². The molecule has 2 fully saturated rings. The SMILES string of the molecule is O=C(CN1CCCC[C@@H]1C(=O)N1CCCC1)NCc1ccccc1. The van der Waals surface area contributed by atoms with Gasteiger partial charge in [-0.1, -0.05) is 36.8 Å². The minimum Gasteiger partial charge on any atom is -0.351 e. The Morgan fingerprint density at radius 2 is 1.71 bits per heavy atom. The second-order valence-electron chi connectivity index (χ2n) is 6.78. The molecule has 130 valence electrons. The van der Waals surface area contributed by atoms with Crippen molar-refractivity contribution in [3.63, 3.8) is 0 Å². The zero-order chi connectivity index (χ0) is 16.8. The van der Waals surface area contributed by atoms with Gasteiger partial charge in [-0.15, -0.1) is 0 Å². The summed E-state index contributed by atoms with van der Waals surface area (Å²) in [4.78, 5) is 29.1. The zero-order valence-electron chi connectivity index (χ0n) is 14.2. The van der Waals surface area contributed by atoms with Crippen LogP contribution in [-0.4, -0.2) is 53.8 Å². The van der Waals surface area contributed by atoms with Gasteiger partial charge in [0.1, 0.15) is 0 Å². The maximum atomic E-state index is 12.7. The smallest absolute Gasteiger partial charge is 0.239 e. The van der Waals surface area contributed by atoms with Crippen LogP contribution in [-0.2, 0) is 16.1 Å². The number of piperidine rings is 1. The van der Waals surface area contributed by atoms with E-state index in [1.807, 2.05) is 35.2 Å². The molecule has 3 rings (SSSR count). The molecule has 2 amide bonds. The van der Waals surface area contributed by atoms with Crippen LogP contribution in [0.5, 0.6) is 0 Å². The number of carbonyl (C=O) groups excluding carboxylic acids is 2. The molecule has 1 aromatic rings. The molecular formula is C19H27N3O2. The summed E-state index contributed by atoms with van der Waals surface area (Å²) in [6.07, 6.45) is 5.23. The number of hydrogen-bond donors (Lipinski definition) is 1. The Labute approximate surface area is 144 Å². The Morgan fingerprint density at radius 1 is 1.00 bits per heavy atom. The minimum absolute atomic E-state index is 0.0000231. The predicted molar refractivity (Wildman–Crippen MR) is 93.3 cm³/mol. The van der Waals surface area contributed by atoms with E-state index in [0.29, 0.717) is 13.1 Å². The lowest BCUT2D eigenvalue weighted by atomic mass is 10.0. The van der Waals surface area contributed by atoms with Gasteiger partial charge in [-0.05, 0) is 37.8 Å². The third-order valence-electron chi connectivity index (χ3n) is 5.00. The molecule has 0 bridgehead atoms. The van der Waals surface area contributed by atoms with Crippen LogP contribution in [0.3, 0.4) is 0 Å². The average molecular weight is 329 g/mol. The molecule has 0 aliphatic carbocycles. The van der Waals surface area contributed by atoms with Crippen molar-refractivity contribution in [2.24, 2.45) is 0 Å². The number of carbonyl (C=O) groups is 2. The second kappa shape index (κ2) is 8.29. The molecule has 24 heavy (non-hydrogen) atoms. The summed E-state index contributed by atoms with van der Waals surface area (Å²) in [5.74, 6) is 0.225. The first-order valence-electron chi connectivity index (χ1n) is 9.07. The van der Waals surface area contributed by atoms with Crippen LogP contribution in [0.1, 0.15) is 37.7 Å². The molecule has 1 atom stereocenters. The molecule has 0 aromatic heterocycles. The number of amides is 2. The number of rotatable bonds is 5. The molecule has 1 aromatic carbocycles. The van der Waals surface area contributed by atoms with E-state index in [1.54, 1.807) is 0 Å². The Balaban J connectivity index is 1.53. The zero-order valence-corrected chi connectivity index (χ0v) is 14.2. The molecule has 5 nitrogen and oxygen atoms in total. The van der Waals surface area contributed by atoms with Gasteiger partial charge in [-0.3, -0.25) is 14.5 Å². The number of nitrogens with zero attached hydrogens (tertiary/aromatic N) is 2. The van der Waals surface area contributed by atoms with Gasteiger partial charge >= 0.3 is 0 Å². The van der Waals surface area contributed by atoms with Gasteiger partial charge in [0.25, 0.3) is 0 Å². The first-order valence-corrected chi connectivity index (χ1v) is 9.07. The van der Waals surface area contributed by atoms with Gasteiger partial charge in [-0.25, -0.2) is 0 Å². The molecule has 2 aliphatic rings. The van der Waals surface area contributed by atoms with Crippen molar-refractivity contribution in [2.45, 2.75) is 44.7 Å². The van der Waals surface area contributed by atoms with Crippen molar-refractivity contribution in [2.75, 3.05) is 26.2 Å². The molecule has 0 radical (unpaired) electrons. The summed E-state index contributed by atoms with van der Waals surface area (Å²) < 4.78 is 0. The monoisotopic (exact) mass is 329 g/mol. The van der Waals surface area contributed by atoms with Crippen LogP contribution >= 0.6 is 0 Å². The van der Waals surface area contributed by atoms with Crippen molar-refractivity contribution in [1.29, 1.82) is 0 Å². The van der Waals surface area contributed by atoms with E-state index in [0.717, 1.165) is 57.3 Å². The number of benzene rings is 1. The van der Waals surface area contributed by atoms with Crippen molar-refractivity contribution in [3.05, 3.63) is 35.9 Å². The fourth-order valence-electron chi connectivity index (χ4n) is 3.65. The van der Waals surface area contributed by atoms with Crippen molar-refractivity contribution >= 4 is 11.8 Å². The van der Waals surface area contributed by atoms with Crippen molar-refractivity contribution in [3.8, 4) is 0 Å². The second-order valence-corrected chi connectivity index (χ2v) is 6.78. The Bertz CT molecular complexity index is 555. The topological polar surface area (TPSA) is 52.7 Å². The van der Waals surface area contributed by atoms with E-state index in [1.165, 1.54) is 0 Å². The highest BCUT2D eigenvalue weighted by molar-refractivity contribution is 5.84. The number of nitrogens with one attached hydrogen (secondary N) is 1. The highest BCUT2D eigenvalue weighted by Gasteiger charge is 2.33. The van der Waals surface area contributed by atoms with Crippen molar-refractivity contribution in [1.82, 2.24) is 15.1 Å². The van der Waals surface area contributed by atoms with Gasteiger partial charge in [0.2, 0.25) is 11.8 Å². The van der Waals surface area contributed by atoms with E-state index in [2.05, 4.69) is 10.2 Å². The minimum atomic E-state index is -0.112. The van der Waals surface area contributed by atoms with Crippen LogP contribution < -0.4 is 5.32 Å². The molecular weight excluding hydrogens is 302 g/mol. The largest absolute Gasteiger partial charge is 0.351 e. The lowest BCUT2D eigenvalue weighted by molar-refractivity contribution is -0.138. The molecule has 0 unspecified atom stereocenters. The Morgan fingerprint density at radius 3 is 2.46 bits per heavy atom. The van der Waals surface area contributed by atoms with Gasteiger partial charge in [0.05, 0.1) is 12.6 Å². The summed E-state index contributed by atoms with van der Waals surface area (Å²) in [7, 11) is 0. The fourth-order valence-corrected chi connectivity index (χ4v) is 3.65. The van der Waals surface area contributed by atoms with Crippen LogP contribution in [0.4, 0.5) is 0 Å². The van der Waals surface area contributed by atoms with Gasteiger partial charge in [0, 0.05) is 19.6 Å².